The van der Waals surface area contributed by atoms with Gasteiger partial charge in [-0.2, -0.15) is 0 Å². The summed E-state index contributed by atoms with van der Waals surface area (Å²) < 4.78 is 34.9. The van der Waals surface area contributed by atoms with E-state index in [1.165, 1.54) is 30.2 Å². The molecule has 0 bridgehead atoms. The summed E-state index contributed by atoms with van der Waals surface area (Å²) in [6, 6.07) is 18.1. The molecule has 0 radical (unpaired) electrons. The number of methoxy groups -OCH3 is 1. The maximum absolute atomic E-state index is 14.4. The van der Waals surface area contributed by atoms with Gasteiger partial charge in [0.2, 0.25) is 11.8 Å². The van der Waals surface area contributed by atoms with E-state index in [1.54, 1.807) is 24.3 Å². The predicted molar refractivity (Wildman–Crippen MR) is 175 cm³/mol. The van der Waals surface area contributed by atoms with Gasteiger partial charge in [0.1, 0.15) is 18.3 Å². The minimum absolute atomic E-state index is 0.0187. The molecule has 3 aromatic carbocycles. The van der Waals surface area contributed by atoms with Gasteiger partial charge in [0.25, 0.3) is 10.0 Å². The second-order valence-corrected chi connectivity index (χ2v) is 13.7. The maximum Gasteiger partial charge on any atom is 0.264 e. The molecule has 3 aromatic rings. The standard InChI is InChI=1S/C34H42ClN3O5S/c1-5-30(34(40)36-28-12-7-6-8-13-28)37(22-26-11-9-10-25(3)20-26)33(39)23-38(31-21-27(35)16-19-32(31)43-4)44(41,42)29-17-14-24(2)15-18-29/h9-11,14-21,28,30H,5-8,12-13,22-23H2,1-4H3,(H,36,40)/t30-/m0/s1. The number of rotatable bonds is 12. The van der Waals surface area contributed by atoms with Crippen LogP contribution in [-0.2, 0) is 26.2 Å². The number of carbonyl (C=O) groups is 2. The summed E-state index contributed by atoms with van der Waals surface area (Å²) >= 11 is 6.34. The Bertz CT molecular complexity index is 1560. The molecule has 0 unspecified atom stereocenters. The Labute approximate surface area is 266 Å². The average molecular weight is 640 g/mol. The number of hydrogen-bond donors (Lipinski definition) is 1. The smallest absolute Gasteiger partial charge is 0.264 e. The summed E-state index contributed by atoms with van der Waals surface area (Å²) in [4.78, 5) is 29.6. The zero-order valence-electron chi connectivity index (χ0n) is 25.9. The molecule has 0 heterocycles. The van der Waals surface area contributed by atoms with Crippen molar-refractivity contribution in [1.82, 2.24) is 10.2 Å². The molecule has 8 nitrogen and oxygen atoms in total. The zero-order valence-corrected chi connectivity index (χ0v) is 27.5. The van der Waals surface area contributed by atoms with Crippen molar-refractivity contribution in [2.45, 2.75) is 82.8 Å². The molecule has 236 valence electrons. The van der Waals surface area contributed by atoms with Crippen LogP contribution in [0.2, 0.25) is 5.02 Å². The average Bonchev–Trinajstić information content (AvgIpc) is 3.00. The van der Waals surface area contributed by atoms with Crippen molar-refractivity contribution in [3.8, 4) is 5.75 Å². The Morgan fingerprint density at radius 1 is 0.977 bits per heavy atom. The van der Waals surface area contributed by atoms with E-state index >= 15 is 0 Å². The van der Waals surface area contributed by atoms with Crippen LogP contribution in [0.4, 0.5) is 5.69 Å². The highest BCUT2D eigenvalue weighted by atomic mass is 35.5. The minimum Gasteiger partial charge on any atom is -0.495 e. The summed E-state index contributed by atoms with van der Waals surface area (Å²) in [7, 11) is -2.83. The first kappa shape index (κ1) is 33.3. The van der Waals surface area contributed by atoms with Gasteiger partial charge >= 0.3 is 0 Å². The number of sulfonamides is 1. The van der Waals surface area contributed by atoms with Crippen LogP contribution < -0.4 is 14.4 Å². The van der Waals surface area contributed by atoms with Crippen molar-refractivity contribution in [1.29, 1.82) is 0 Å². The molecule has 1 N–H and O–H groups in total. The molecule has 0 aromatic heterocycles. The Morgan fingerprint density at radius 3 is 2.32 bits per heavy atom. The zero-order chi connectivity index (χ0) is 31.9. The number of anilines is 1. The predicted octanol–water partition coefficient (Wildman–Crippen LogP) is 6.42. The molecule has 1 aliphatic rings. The first-order chi connectivity index (χ1) is 21.0. The lowest BCUT2D eigenvalue weighted by Crippen LogP contribution is -2.54. The monoisotopic (exact) mass is 639 g/mol. The number of aryl methyl sites for hydroxylation is 2. The summed E-state index contributed by atoms with van der Waals surface area (Å²) in [5.41, 5.74) is 2.88. The highest BCUT2D eigenvalue weighted by Gasteiger charge is 2.35. The Balaban J connectivity index is 1.76. The molecular formula is C34H42ClN3O5S. The molecule has 0 aliphatic heterocycles. The molecule has 2 amide bonds. The van der Waals surface area contributed by atoms with Crippen molar-refractivity contribution < 1.29 is 22.7 Å². The van der Waals surface area contributed by atoms with Crippen molar-refractivity contribution >= 4 is 39.1 Å². The molecule has 4 rings (SSSR count). The largest absolute Gasteiger partial charge is 0.495 e. The number of amides is 2. The first-order valence-corrected chi connectivity index (χ1v) is 16.9. The van der Waals surface area contributed by atoms with Crippen molar-refractivity contribution in [2.24, 2.45) is 0 Å². The summed E-state index contributed by atoms with van der Waals surface area (Å²) in [5.74, 6) is -0.506. The SMILES string of the molecule is CC[C@@H](C(=O)NC1CCCCC1)N(Cc1cccc(C)c1)C(=O)CN(c1cc(Cl)ccc1OC)S(=O)(=O)c1ccc(C)cc1. The van der Waals surface area contributed by atoms with Gasteiger partial charge in [0.15, 0.2) is 0 Å². The third-order valence-electron chi connectivity index (χ3n) is 8.07. The fourth-order valence-electron chi connectivity index (χ4n) is 5.68. The van der Waals surface area contributed by atoms with Gasteiger partial charge in [-0.25, -0.2) is 8.42 Å². The molecule has 1 fully saturated rings. The van der Waals surface area contributed by atoms with Gasteiger partial charge in [0, 0.05) is 17.6 Å². The lowest BCUT2D eigenvalue weighted by atomic mass is 9.95. The van der Waals surface area contributed by atoms with Gasteiger partial charge in [0.05, 0.1) is 17.7 Å². The number of halogens is 1. The second-order valence-electron chi connectivity index (χ2n) is 11.4. The van der Waals surface area contributed by atoms with E-state index in [1.807, 2.05) is 45.0 Å². The van der Waals surface area contributed by atoms with Crippen LogP contribution in [-0.4, -0.2) is 50.9 Å². The van der Waals surface area contributed by atoms with E-state index in [4.69, 9.17) is 16.3 Å². The van der Waals surface area contributed by atoms with E-state index in [9.17, 15) is 18.0 Å². The molecule has 0 spiro atoms. The third kappa shape index (κ3) is 8.12. The minimum atomic E-state index is -4.26. The summed E-state index contributed by atoms with van der Waals surface area (Å²) in [5, 5.41) is 3.46. The van der Waals surface area contributed by atoms with Crippen LogP contribution in [0.5, 0.6) is 5.75 Å². The number of nitrogens with one attached hydrogen (secondary N) is 1. The van der Waals surface area contributed by atoms with Crippen molar-refractivity contribution in [3.63, 3.8) is 0 Å². The van der Waals surface area contributed by atoms with Crippen LogP contribution in [0.3, 0.4) is 0 Å². The van der Waals surface area contributed by atoms with Crippen LogP contribution in [0, 0.1) is 13.8 Å². The number of hydrogen-bond acceptors (Lipinski definition) is 5. The van der Waals surface area contributed by atoms with Crippen LogP contribution in [0.1, 0.15) is 62.1 Å². The van der Waals surface area contributed by atoms with Gasteiger partial charge in [-0.1, -0.05) is 85.3 Å². The second kappa shape index (κ2) is 14.9. The van der Waals surface area contributed by atoms with E-state index in [0.29, 0.717) is 6.42 Å². The van der Waals surface area contributed by atoms with E-state index in [-0.39, 0.29) is 39.8 Å². The van der Waals surface area contributed by atoms with Crippen LogP contribution >= 0.6 is 11.6 Å². The number of ether oxygens (including phenoxy) is 1. The van der Waals surface area contributed by atoms with Gasteiger partial charge in [-0.05, 0) is 69.0 Å². The quantitative estimate of drug-likeness (QED) is 0.247. The Hall–Kier alpha value is -3.56. The van der Waals surface area contributed by atoms with Crippen molar-refractivity contribution in [3.05, 3.63) is 88.4 Å². The van der Waals surface area contributed by atoms with E-state index < -0.39 is 28.5 Å². The first-order valence-electron chi connectivity index (χ1n) is 15.1. The summed E-state index contributed by atoms with van der Waals surface area (Å²) in [6.07, 6.45) is 5.44. The molecule has 10 heteroatoms. The van der Waals surface area contributed by atoms with Gasteiger partial charge < -0.3 is 15.0 Å². The molecule has 1 saturated carbocycles. The number of carbonyl (C=O) groups excluding carboxylic acids is 2. The van der Waals surface area contributed by atoms with Crippen LogP contribution in [0.25, 0.3) is 0 Å². The fourth-order valence-corrected chi connectivity index (χ4v) is 7.26. The lowest BCUT2D eigenvalue weighted by Gasteiger charge is -2.34. The molecule has 1 atom stereocenters. The topological polar surface area (TPSA) is 96.0 Å². The normalized spacial score (nSPS) is 14.5. The third-order valence-corrected chi connectivity index (χ3v) is 10.1. The molecule has 0 saturated heterocycles. The Morgan fingerprint density at radius 2 is 1.68 bits per heavy atom. The Kier molecular flexibility index (Phi) is 11.3. The maximum atomic E-state index is 14.4. The highest BCUT2D eigenvalue weighted by molar-refractivity contribution is 7.92. The van der Waals surface area contributed by atoms with Crippen LogP contribution in [0.15, 0.2) is 71.6 Å². The van der Waals surface area contributed by atoms with Gasteiger partial charge in [-0.15, -0.1) is 0 Å². The van der Waals surface area contributed by atoms with Gasteiger partial charge in [-0.3, -0.25) is 13.9 Å². The van der Waals surface area contributed by atoms with Crippen molar-refractivity contribution in [2.75, 3.05) is 18.0 Å². The molecular weight excluding hydrogens is 598 g/mol. The van der Waals surface area contributed by atoms with E-state index in [2.05, 4.69) is 5.32 Å². The highest BCUT2D eigenvalue weighted by Crippen LogP contribution is 2.35. The van der Waals surface area contributed by atoms with E-state index in [0.717, 1.165) is 53.1 Å². The number of benzene rings is 3. The molecule has 1 aliphatic carbocycles. The number of nitrogens with zero attached hydrogens (tertiary/aromatic N) is 2. The molecule has 44 heavy (non-hydrogen) atoms. The fraction of sp³-hybridized carbons (Fsp3) is 0.412. The summed E-state index contributed by atoms with van der Waals surface area (Å²) in [6.45, 7) is 5.27. The lowest BCUT2D eigenvalue weighted by molar-refractivity contribution is -0.140.